The van der Waals surface area contributed by atoms with E-state index in [1.54, 1.807) is 12.1 Å². The van der Waals surface area contributed by atoms with E-state index in [1.165, 1.54) is 36.4 Å². The zero-order valence-corrected chi connectivity index (χ0v) is 18.9. The van der Waals surface area contributed by atoms with Crippen LogP contribution in [0.2, 0.25) is 0 Å². The van der Waals surface area contributed by atoms with E-state index in [2.05, 4.69) is 0 Å². The summed E-state index contributed by atoms with van der Waals surface area (Å²) in [7, 11) is 0. The van der Waals surface area contributed by atoms with Crippen LogP contribution in [-0.2, 0) is 12.5 Å². The molecule has 0 spiro atoms. The minimum Gasteiger partial charge on any atom is -0.429 e. The van der Waals surface area contributed by atoms with Gasteiger partial charge in [-0.15, -0.1) is 0 Å². The fourth-order valence-corrected chi connectivity index (χ4v) is 3.77. The third kappa shape index (κ3) is 5.08. The van der Waals surface area contributed by atoms with Gasteiger partial charge >= 0.3 is 6.11 Å². The Morgan fingerprint density at radius 2 is 1.17 bits per heavy atom. The minimum absolute atomic E-state index is 0.147. The number of benzene rings is 4. The first kappa shape index (κ1) is 25.3. The molecule has 4 aromatic carbocycles. The van der Waals surface area contributed by atoms with Gasteiger partial charge in [-0.1, -0.05) is 49.7 Å². The van der Waals surface area contributed by atoms with Gasteiger partial charge in [-0.3, -0.25) is 0 Å². The van der Waals surface area contributed by atoms with Gasteiger partial charge in [0, 0.05) is 11.1 Å². The Morgan fingerprint density at radius 1 is 0.639 bits per heavy atom. The second-order valence-corrected chi connectivity index (χ2v) is 8.13. The van der Waals surface area contributed by atoms with E-state index >= 15 is 0 Å². The van der Waals surface area contributed by atoms with E-state index in [0.717, 1.165) is 30.5 Å². The van der Waals surface area contributed by atoms with Gasteiger partial charge < -0.3 is 4.74 Å². The molecule has 0 radical (unpaired) electrons. The molecule has 0 aliphatic heterocycles. The Labute approximate surface area is 202 Å². The molecular formula is C28H19F7O. The van der Waals surface area contributed by atoms with Crippen LogP contribution < -0.4 is 4.74 Å². The maximum atomic E-state index is 14.8. The maximum absolute atomic E-state index is 14.8. The quantitative estimate of drug-likeness (QED) is 0.181. The number of ether oxygens (including phenoxy) is 1. The normalized spacial score (nSPS) is 11.6. The average molecular weight is 504 g/mol. The molecule has 0 aliphatic carbocycles. The van der Waals surface area contributed by atoms with E-state index in [-0.39, 0.29) is 28.0 Å². The van der Waals surface area contributed by atoms with Crippen molar-refractivity contribution < 1.29 is 35.5 Å². The number of alkyl halides is 2. The van der Waals surface area contributed by atoms with Crippen molar-refractivity contribution in [1.82, 2.24) is 0 Å². The fraction of sp³-hybridized carbons (Fsp3) is 0.143. The van der Waals surface area contributed by atoms with Gasteiger partial charge in [-0.25, -0.2) is 22.0 Å². The van der Waals surface area contributed by atoms with Crippen molar-refractivity contribution in [3.8, 4) is 28.0 Å². The summed E-state index contributed by atoms with van der Waals surface area (Å²) in [6.45, 7) is 1.98. The second-order valence-electron chi connectivity index (χ2n) is 8.13. The lowest BCUT2D eigenvalue weighted by atomic mass is 9.98. The third-order valence-electron chi connectivity index (χ3n) is 5.62. The summed E-state index contributed by atoms with van der Waals surface area (Å²) in [5.41, 5.74) is -0.333. The summed E-state index contributed by atoms with van der Waals surface area (Å²) in [6, 6.07) is 14.1. The van der Waals surface area contributed by atoms with Crippen LogP contribution >= 0.6 is 0 Å². The van der Waals surface area contributed by atoms with Gasteiger partial charge in [0.25, 0.3) is 0 Å². The smallest absolute Gasteiger partial charge is 0.426 e. The highest BCUT2D eigenvalue weighted by atomic mass is 19.3. The van der Waals surface area contributed by atoms with Crippen LogP contribution in [0.4, 0.5) is 30.7 Å². The molecule has 0 aliphatic rings. The van der Waals surface area contributed by atoms with E-state index < -0.39 is 40.8 Å². The monoisotopic (exact) mass is 504 g/mol. The molecule has 0 heterocycles. The Balaban J connectivity index is 1.56. The van der Waals surface area contributed by atoms with Gasteiger partial charge in [-0.2, -0.15) is 8.78 Å². The molecule has 0 aromatic heterocycles. The Morgan fingerprint density at radius 3 is 1.69 bits per heavy atom. The SMILES string of the molecule is CCCc1ccc(C(F)(F)Oc2ccc(-c3ccc(-c4cc(F)c(F)c(F)c4)c(F)c3F)cc2)cc1. The lowest BCUT2D eigenvalue weighted by molar-refractivity contribution is -0.185. The van der Waals surface area contributed by atoms with Crippen LogP contribution in [0.15, 0.2) is 72.8 Å². The molecule has 0 bridgehead atoms. The summed E-state index contributed by atoms with van der Waals surface area (Å²) in [5.74, 6) is -7.75. The molecule has 186 valence electrons. The maximum Gasteiger partial charge on any atom is 0.426 e. The Hall–Kier alpha value is -3.81. The first-order chi connectivity index (χ1) is 17.1. The first-order valence-corrected chi connectivity index (χ1v) is 11.0. The van der Waals surface area contributed by atoms with Gasteiger partial charge in [0.15, 0.2) is 29.1 Å². The lowest BCUT2D eigenvalue weighted by Gasteiger charge is -2.19. The number of hydrogen-bond acceptors (Lipinski definition) is 1. The number of aryl methyl sites for hydroxylation is 1. The average Bonchev–Trinajstić information content (AvgIpc) is 2.85. The molecular weight excluding hydrogens is 485 g/mol. The number of rotatable bonds is 7. The predicted octanol–water partition coefficient (Wildman–Crippen LogP) is 8.80. The van der Waals surface area contributed by atoms with Crippen molar-refractivity contribution in [3.05, 3.63) is 113 Å². The van der Waals surface area contributed by atoms with Crippen molar-refractivity contribution in [2.75, 3.05) is 0 Å². The number of halogens is 7. The molecule has 0 saturated carbocycles. The first-order valence-electron chi connectivity index (χ1n) is 11.0. The summed E-state index contributed by atoms with van der Waals surface area (Å²) in [6.07, 6.45) is -1.97. The van der Waals surface area contributed by atoms with Crippen LogP contribution in [-0.4, -0.2) is 0 Å². The summed E-state index contributed by atoms with van der Waals surface area (Å²) in [4.78, 5) is 0. The summed E-state index contributed by atoms with van der Waals surface area (Å²) >= 11 is 0. The fourth-order valence-electron chi connectivity index (χ4n) is 3.77. The van der Waals surface area contributed by atoms with Crippen molar-refractivity contribution in [3.63, 3.8) is 0 Å². The van der Waals surface area contributed by atoms with E-state index in [1.807, 2.05) is 6.92 Å². The topological polar surface area (TPSA) is 9.23 Å². The lowest BCUT2D eigenvalue weighted by Crippen LogP contribution is -2.21. The molecule has 0 fully saturated rings. The molecule has 0 N–H and O–H groups in total. The zero-order chi connectivity index (χ0) is 26.0. The van der Waals surface area contributed by atoms with Gasteiger partial charge in [0.05, 0.1) is 5.56 Å². The standard InChI is InChI=1S/C28H19F7O/c1-2-3-16-4-8-19(9-5-16)28(34,35)36-20-10-6-17(7-11-20)21-12-13-22(26(32)25(21)31)18-14-23(29)27(33)24(30)15-18/h4-15H,2-3H2,1H3. The molecule has 0 saturated heterocycles. The molecule has 4 aromatic rings. The van der Waals surface area contributed by atoms with Crippen molar-refractivity contribution >= 4 is 0 Å². The highest BCUT2D eigenvalue weighted by molar-refractivity contribution is 5.72. The van der Waals surface area contributed by atoms with E-state index in [9.17, 15) is 30.7 Å². The molecule has 0 atom stereocenters. The Bertz CT molecular complexity index is 1360. The van der Waals surface area contributed by atoms with E-state index in [0.29, 0.717) is 12.1 Å². The third-order valence-corrected chi connectivity index (χ3v) is 5.62. The molecule has 1 nitrogen and oxygen atoms in total. The molecule has 8 heteroatoms. The molecule has 0 amide bonds. The van der Waals surface area contributed by atoms with Crippen LogP contribution in [0.5, 0.6) is 5.75 Å². The largest absolute Gasteiger partial charge is 0.429 e. The second kappa shape index (κ2) is 10.0. The van der Waals surface area contributed by atoms with Gasteiger partial charge in [0.1, 0.15) is 5.75 Å². The minimum atomic E-state index is -3.62. The Kier molecular flexibility index (Phi) is 7.06. The summed E-state index contributed by atoms with van der Waals surface area (Å²) < 4.78 is 104. The van der Waals surface area contributed by atoms with Gasteiger partial charge in [0.2, 0.25) is 0 Å². The van der Waals surface area contributed by atoms with Crippen LogP contribution in [0.1, 0.15) is 24.5 Å². The van der Waals surface area contributed by atoms with Crippen molar-refractivity contribution in [2.45, 2.75) is 25.9 Å². The van der Waals surface area contributed by atoms with Crippen LogP contribution in [0.3, 0.4) is 0 Å². The van der Waals surface area contributed by atoms with Crippen LogP contribution in [0.25, 0.3) is 22.3 Å². The molecule has 0 unspecified atom stereocenters. The van der Waals surface area contributed by atoms with Gasteiger partial charge in [-0.05, 0) is 59.5 Å². The number of hydrogen-bond donors (Lipinski definition) is 0. The highest BCUT2D eigenvalue weighted by Crippen LogP contribution is 2.35. The van der Waals surface area contributed by atoms with Crippen LogP contribution in [0, 0.1) is 29.1 Å². The molecule has 36 heavy (non-hydrogen) atoms. The van der Waals surface area contributed by atoms with E-state index in [4.69, 9.17) is 4.74 Å². The summed E-state index contributed by atoms with van der Waals surface area (Å²) in [5, 5.41) is 0. The van der Waals surface area contributed by atoms with Crippen molar-refractivity contribution in [2.24, 2.45) is 0 Å². The zero-order valence-electron chi connectivity index (χ0n) is 18.9. The predicted molar refractivity (Wildman–Crippen MR) is 122 cm³/mol. The molecule has 4 rings (SSSR count). The van der Waals surface area contributed by atoms with Crippen molar-refractivity contribution in [1.29, 1.82) is 0 Å². The highest BCUT2D eigenvalue weighted by Gasteiger charge is 2.34.